The summed E-state index contributed by atoms with van der Waals surface area (Å²) in [6, 6.07) is 17.2. The number of benzene rings is 2. The molecule has 0 radical (unpaired) electrons. The fraction of sp³-hybridized carbons (Fsp3) is 0. The Morgan fingerprint density at radius 3 is 2.75 bits per heavy atom. The predicted molar refractivity (Wildman–Crippen MR) is 98.4 cm³/mol. The molecule has 0 saturated carbocycles. The molecule has 118 valence electrons. The van der Waals surface area contributed by atoms with Gasteiger partial charge in [-0.15, -0.1) is 0 Å². The van der Waals surface area contributed by atoms with Gasteiger partial charge in [0.1, 0.15) is 5.84 Å². The summed E-state index contributed by atoms with van der Waals surface area (Å²) in [5, 5.41) is 22.2. The quantitative estimate of drug-likeness (QED) is 0.215. The van der Waals surface area contributed by atoms with Crippen LogP contribution in [0.4, 0.5) is 5.13 Å². The molecule has 0 atom stereocenters. The van der Waals surface area contributed by atoms with Crippen molar-refractivity contribution in [2.24, 2.45) is 5.73 Å². The van der Waals surface area contributed by atoms with Crippen molar-refractivity contribution in [3.05, 3.63) is 59.7 Å². The van der Waals surface area contributed by atoms with Gasteiger partial charge in [-0.25, -0.2) is 4.98 Å². The highest BCUT2D eigenvalue weighted by molar-refractivity contribution is 7.22. The number of thiazole rings is 1. The third-order valence-corrected chi connectivity index (χ3v) is 4.10. The average Bonchev–Trinajstić information content (AvgIpc) is 2.97. The molecule has 1 heterocycles. The fourth-order valence-electron chi connectivity index (χ4n) is 2.10. The fourth-order valence-corrected chi connectivity index (χ4v) is 2.97. The second kappa shape index (κ2) is 6.81. The second-order valence-corrected chi connectivity index (χ2v) is 5.87. The first-order chi connectivity index (χ1) is 11.7. The minimum atomic E-state index is -0.0191. The predicted octanol–water partition coefficient (Wildman–Crippen LogP) is 2.53. The lowest BCUT2D eigenvalue weighted by molar-refractivity contribution is 1.22. The Hall–Kier alpha value is -3.37. The number of anilines is 1. The number of para-hydroxylation sites is 1. The SMILES string of the molecule is N=C(NC(=N)c1cccc(C#CN)c1)Nc1nc2ccccc2s1. The number of fused-ring (bicyclic) bond motifs is 1. The van der Waals surface area contributed by atoms with E-state index < -0.39 is 0 Å². The molecular formula is C17H14N6S. The molecule has 0 aliphatic rings. The first kappa shape index (κ1) is 15.5. The van der Waals surface area contributed by atoms with Crippen molar-refractivity contribution in [3.8, 4) is 12.0 Å². The molecule has 0 aliphatic carbocycles. The van der Waals surface area contributed by atoms with Crippen LogP contribution in [0.1, 0.15) is 11.1 Å². The van der Waals surface area contributed by atoms with Crippen molar-refractivity contribution in [3.63, 3.8) is 0 Å². The Bertz CT molecular complexity index is 946. The number of aromatic nitrogens is 1. The Balaban J connectivity index is 1.68. The number of guanidine groups is 1. The number of hydrogen-bond acceptors (Lipinski definition) is 5. The molecule has 6 nitrogen and oxygen atoms in total. The van der Waals surface area contributed by atoms with Gasteiger partial charge in [0.25, 0.3) is 0 Å². The molecule has 1 aromatic heterocycles. The van der Waals surface area contributed by atoms with Crippen LogP contribution in [-0.4, -0.2) is 16.8 Å². The van der Waals surface area contributed by atoms with Gasteiger partial charge in [-0.3, -0.25) is 10.8 Å². The van der Waals surface area contributed by atoms with Gasteiger partial charge in [0.2, 0.25) is 0 Å². The van der Waals surface area contributed by atoms with Crippen LogP contribution >= 0.6 is 11.3 Å². The van der Waals surface area contributed by atoms with Gasteiger partial charge < -0.3 is 16.4 Å². The molecular weight excluding hydrogens is 320 g/mol. The lowest BCUT2D eigenvalue weighted by atomic mass is 10.1. The minimum absolute atomic E-state index is 0.0191. The van der Waals surface area contributed by atoms with Crippen LogP contribution in [0, 0.1) is 22.8 Å². The van der Waals surface area contributed by atoms with Crippen molar-refractivity contribution >= 4 is 38.5 Å². The number of hydrogen-bond donors (Lipinski definition) is 5. The van der Waals surface area contributed by atoms with Gasteiger partial charge in [-0.05, 0) is 30.2 Å². The van der Waals surface area contributed by atoms with Gasteiger partial charge in [0, 0.05) is 17.2 Å². The summed E-state index contributed by atoms with van der Waals surface area (Å²) >= 11 is 1.45. The molecule has 3 rings (SSSR count). The van der Waals surface area contributed by atoms with Gasteiger partial charge in [-0.2, -0.15) is 0 Å². The largest absolute Gasteiger partial charge is 0.359 e. The smallest absolute Gasteiger partial charge is 0.200 e. The van der Waals surface area contributed by atoms with E-state index in [-0.39, 0.29) is 11.8 Å². The van der Waals surface area contributed by atoms with E-state index in [2.05, 4.69) is 27.6 Å². The number of amidine groups is 1. The molecule has 6 N–H and O–H groups in total. The van der Waals surface area contributed by atoms with Crippen LogP contribution in [-0.2, 0) is 0 Å². The van der Waals surface area contributed by atoms with Gasteiger partial charge in [-0.1, -0.05) is 35.6 Å². The Kier molecular flexibility index (Phi) is 4.40. The van der Waals surface area contributed by atoms with E-state index >= 15 is 0 Å². The zero-order valence-corrected chi connectivity index (χ0v) is 13.4. The van der Waals surface area contributed by atoms with E-state index in [1.165, 1.54) is 11.3 Å². The number of rotatable bonds is 2. The van der Waals surface area contributed by atoms with Crippen molar-refractivity contribution < 1.29 is 0 Å². The lowest BCUT2D eigenvalue weighted by Crippen LogP contribution is -2.35. The van der Waals surface area contributed by atoms with Crippen molar-refractivity contribution in [2.45, 2.75) is 0 Å². The van der Waals surface area contributed by atoms with Gasteiger partial charge in [0.15, 0.2) is 11.1 Å². The zero-order chi connectivity index (χ0) is 16.9. The maximum Gasteiger partial charge on any atom is 0.200 e. The van der Waals surface area contributed by atoms with Gasteiger partial charge >= 0.3 is 0 Å². The van der Waals surface area contributed by atoms with E-state index in [4.69, 9.17) is 16.6 Å². The number of nitrogens with one attached hydrogen (secondary N) is 4. The molecule has 0 fully saturated rings. The highest BCUT2D eigenvalue weighted by Gasteiger charge is 2.08. The highest BCUT2D eigenvalue weighted by Crippen LogP contribution is 2.25. The Morgan fingerprint density at radius 1 is 1.12 bits per heavy atom. The molecule has 7 heteroatoms. The molecule has 0 aliphatic heterocycles. The summed E-state index contributed by atoms with van der Waals surface area (Å²) < 4.78 is 1.04. The Morgan fingerprint density at radius 2 is 1.96 bits per heavy atom. The normalized spacial score (nSPS) is 9.83. The standard InChI is InChI=1S/C17H14N6S/c18-9-8-11-4-3-5-12(10-11)15(19)22-16(20)23-17-21-13-6-1-2-7-14(13)24-17/h1-7,10H,18H2,(H4,19,20,21,22,23). The molecule has 0 saturated heterocycles. The van der Waals surface area contributed by atoms with E-state index in [9.17, 15) is 0 Å². The Labute approximate surface area is 142 Å². The molecule has 2 aromatic carbocycles. The van der Waals surface area contributed by atoms with E-state index in [1.807, 2.05) is 24.3 Å². The van der Waals surface area contributed by atoms with Crippen LogP contribution in [0.15, 0.2) is 48.5 Å². The van der Waals surface area contributed by atoms with Crippen LogP contribution in [0.2, 0.25) is 0 Å². The van der Waals surface area contributed by atoms with Crippen molar-refractivity contribution in [2.75, 3.05) is 5.32 Å². The molecule has 24 heavy (non-hydrogen) atoms. The zero-order valence-electron chi connectivity index (χ0n) is 12.6. The van der Waals surface area contributed by atoms with Gasteiger partial charge in [0.05, 0.1) is 10.2 Å². The van der Waals surface area contributed by atoms with Crippen LogP contribution in [0.25, 0.3) is 10.2 Å². The average molecular weight is 334 g/mol. The van der Waals surface area contributed by atoms with Crippen molar-refractivity contribution in [1.29, 1.82) is 10.8 Å². The van der Waals surface area contributed by atoms with E-state index in [0.29, 0.717) is 16.3 Å². The topological polar surface area (TPSA) is 111 Å². The first-order valence-corrected chi connectivity index (χ1v) is 7.86. The molecule has 0 spiro atoms. The summed E-state index contributed by atoms with van der Waals surface area (Å²) in [5.74, 6) is 2.81. The van der Waals surface area contributed by atoms with E-state index in [1.54, 1.807) is 24.3 Å². The molecule has 0 amide bonds. The number of nitrogens with zero attached hydrogens (tertiary/aromatic N) is 1. The first-order valence-electron chi connectivity index (χ1n) is 7.04. The summed E-state index contributed by atoms with van der Waals surface area (Å²) in [6.45, 7) is 0. The van der Waals surface area contributed by atoms with Crippen LogP contribution in [0.5, 0.6) is 0 Å². The lowest BCUT2D eigenvalue weighted by Gasteiger charge is -2.09. The summed E-state index contributed by atoms with van der Waals surface area (Å²) in [4.78, 5) is 4.40. The third-order valence-electron chi connectivity index (χ3n) is 3.14. The number of nitrogens with two attached hydrogens (primary N) is 1. The monoisotopic (exact) mass is 334 g/mol. The summed E-state index contributed by atoms with van der Waals surface area (Å²) in [7, 11) is 0. The maximum absolute atomic E-state index is 8.07. The highest BCUT2D eigenvalue weighted by atomic mass is 32.1. The van der Waals surface area contributed by atoms with E-state index in [0.717, 1.165) is 10.2 Å². The second-order valence-electron chi connectivity index (χ2n) is 4.84. The van der Waals surface area contributed by atoms with Crippen LogP contribution in [0.3, 0.4) is 0 Å². The summed E-state index contributed by atoms with van der Waals surface area (Å²) in [5.41, 5.74) is 7.41. The van der Waals surface area contributed by atoms with Crippen LogP contribution < -0.4 is 16.4 Å². The third kappa shape index (κ3) is 3.51. The maximum atomic E-state index is 8.07. The molecule has 0 bridgehead atoms. The minimum Gasteiger partial charge on any atom is -0.359 e. The molecule has 0 unspecified atom stereocenters. The van der Waals surface area contributed by atoms with Crippen molar-refractivity contribution in [1.82, 2.24) is 10.3 Å². The molecule has 3 aromatic rings. The summed E-state index contributed by atoms with van der Waals surface area (Å²) in [6.07, 6.45) is 0.